The molecule has 26 heavy (non-hydrogen) atoms. The number of nitrogens with zero attached hydrogens (tertiary/aromatic N) is 2. The highest BCUT2D eigenvalue weighted by molar-refractivity contribution is 5.93. The van der Waals surface area contributed by atoms with Gasteiger partial charge in [0.25, 0.3) is 0 Å². The molecule has 1 heterocycles. The maximum Gasteiger partial charge on any atom is 0.318 e. The maximum atomic E-state index is 12.4. The van der Waals surface area contributed by atoms with E-state index in [4.69, 9.17) is 0 Å². The van der Waals surface area contributed by atoms with Crippen molar-refractivity contribution in [1.82, 2.24) is 15.1 Å². The van der Waals surface area contributed by atoms with Crippen LogP contribution in [0.15, 0.2) is 24.3 Å². The molecule has 0 aliphatic rings. The minimum atomic E-state index is -0.286. The van der Waals surface area contributed by atoms with Gasteiger partial charge < -0.3 is 16.0 Å². The second kappa shape index (κ2) is 8.51. The van der Waals surface area contributed by atoms with Gasteiger partial charge >= 0.3 is 6.03 Å². The number of urea groups is 1. The van der Waals surface area contributed by atoms with Gasteiger partial charge in [-0.1, -0.05) is 13.8 Å². The van der Waals surface area contributed by atoms with Crippen LogP contribution in [0.2, 0.25) is 0 Å². The molecule has 2 rings (SSSR count). The van der Waals surface area contributed by atoms with Crippen molar-refractivity contribution in [2.24, 2.45) is 5.92 Å². The number of hydrogen-bond acceptors (Lipinski definition) is 3. The molecule has 0 bridgehead atoms. The van der Waals surface area contributed by atoms with Gasteiger partial charge in [-0.25, -0.2) is 4.79 Å². The SMILES string of the molecule is CNC(=O)Nc1ccc(NC(=O)Cc2c(C)nn(CC(C)C)c2C)cc1. The summed E-state index contributed by atoms with van der Waals surface area (Å²) < 4.78 is 1.97. The molecule has 140 valence electrons. The van der Waals surface area contributed by atoms with Crippen molar-refractivity contribution in [1.29, 1.82) is 0 Å². The van der Waals surface area contributed by atoms with Crippen LogP contribution in [0.1, 0.15) is 30.8 Å². The van der Waals surface area contributed by atoms with E-state index >= 15 is 0 Å². The zero-order chi connectivity index (χ0) is 19.3. The van der Waals surface area contributed by atoms with Crippen LogP contribution in [0.25, 0.3) is 0 Å². The monoisotopic (exact) mass is 357 g/mol. The number of amides is 3. The Morgan fingerprint density at radius 2 is 1.65 bits per heavy atom. The molecule has 0 unspecified atom stereocenters. The van der Waals surface area contributed by atoms with E-state index in [9.17, 15) is 9.59 Å². The average Bonchev–Trinajstić information content (AvgIpc) is 2.83. The summed E-state index contributed by atoms with van der Waals surface area (Å²) in [6.07, 6.45) is 0.286. The molecule has 1 aromatic carbocycles. The molecular formula is C19H27N5O2. The van der Waals surface area contributed by atoms with Crippen LogP contribution < -0.4 is 16.0 Å². The summed E-state index contributed by atoms with van der Waals surface area (Å²) >= 11 is 0. The average molecular weight is 357 g/mol. The van der Waals surface area contributed by atoms with Crippen LogP contribution >= 0.6 is 0 Å². The molecule has 0 radical (unpaired) electrons. The molecule has 1 aromatic heterocycles. The standard InChI is InChI=1S/C19H27N5O2/c1-12(2)11-24-14(4)17(13(3)23-24)10-18(25)21-15-6-8-16(9-7-15)22-19(26)20-5/h6-9,12H,10-11H2,1-5H3,(H,21,25)(H2,20,22,26). The molecular weight excluding hydrogens is 330 g/mol. The van der Waals surface area contributed by atoms with Gasteiger partial charge in [-0.3, -0.25) is 9.48 Å². The van der Waals surface area contributed by atoms with E-state index in [0.717, 1.165) is 23.5 Å². The fraction of sp³-hybridized carbons (Fsp3) is 0.421. The highest BCUT2D eigenvalue weighted by atomic mass is 16.2. The predicted octanol–water partition coefficient (Wildman–Crippen LogP) is 3.09. The van der Waals surface area contributed by atoms with Crippen LogP contribution in [0.4, 0.5) is 16.2 Å². The lowest BCUT2D eigenvalue weighted by atomic mass is 10.1. The lowest BCUT2D eigenvalue weighted by Gasteiger charge is -2.09. The number of nitrogens with one attached hydrogen (secondary N) is 3. The first-order chi connectivity index (χ1) is 12.3. The quantitative estimate of drug-likeness (QED) is 0.742. The highest BCUT2D eigenvalue weighted by Gasteiger charge is 2.15. The number of carbonyl (C=O) groups is 2. The van der Waals surface area contributed by atoms with Crippen molar-refractivity contribution < 1.29 is 9.59 Å². The van der Waals surface area contributed by atoms with E-state index in [2.05, 4.69) is 34.9 Å². The Morgan fingerprint density at radius 1 is 1.08 bits per heavy atom. The number of aromatic nitrogens is 2. The Morgan fingerprint density at radius 3 is 2.19 bits per heavy atom. The Labute approximate surface area is 154 Å². The number of hydrogen-bond donors (Lipinski definition) is 3. The van der Waals surface area contributed by atoms with Crippen LogP contribution in [0.5, 0.6) is 0 Å². The molecule has 2 aromatic rings. The van der Waals surface area contributed by atoms with Crippen LogP contribution in [-0.4, -0.2) is 28.8 Å². The lowest BCUT2D eigenvalue weighted by Crippen LogP contribution is -2.24. The molecule has 0 aliphatic carbocycles. The van der Waals surface area contributed by atoms with Gasteiger partial charge in [0, 0.05) is 36.2 Å². The number of anilines is 2. The molecule has 0 saturated heterocycles. The summed E-state index contributed by atoms with van der Waals surface area (Å²) in [6.45, 7) is 9.07. The van der Waals surface area contributed by atoms with Gasteiger partial charge in [-0.2, -0.15) is 5.10 Å². The van der Waals surface area contributed by atoms with Gasteiger partial charge in [0.15, 0.2) is 0 Å². The Hall–Kier alpha value is -2.83. The van der Waals surface area contributed by atoms with Crippen molar-refractivity contribution in [3.63, 3.8) is 0 Å². The first-order valence-corrected chi connectivity index (χ1v) is 8.71. The summed E-state index contributed by atoms with van der Waals surface area (Å²) in [6, 6.07) is 6.70. The summed E-state index contributed by atoms with van der Waals surface area (Å²) in [5, 5.41) is 12.6. The fourth-order valence-corrected chi connectivity index (χ4v) is 2.71. The summed E-state index contributed by atoms with van der Waals surface area (Å²) in [5.41, 5.74) is 4.24. The molecule has 3 N–H and O–H groups in total. The van der Waals surface area contributed by atoms with Crippen molar-refractivity contribution in [2.75, 3.05) is 17.7 Å². The van der Waals surface area contributed by atoms with Crippen LogP contribution in [0, 0.1) is 19.8 Å². The van der Waals surface area contributed by atoms with E-state index in [-0.39, 0.29) is 18.4 Å². The third kappa shape index (κ3) is 5.08. The third-order valence-electron chi connectivity index (χ3n) is 4.06. The van der Waals surface area contributed by atoms with Gasteiger partial charge in [0.1, 0.15) is 0 Å². The van der Waals surface area contributed by atoms with E-state index in [1.807, 2.05) is 18.5 Å². The molecule has 0 fully saturated rings. The van der Waals surface area contributed by atoms with Gasteiger partial charge in [-0.15, -0.1) is 0 Å². The summed E-state index contributed by atoms with van der Waals surface area (Å²) in [5.74, 6) is 0.406. The Balaban J connectivity index is 2.01. The molecule has 0 saturated carbocycles. The normalized spacial score (nSPS) is 10.7. The van der Waals surface area contributed by atoms with E-state index in [0.29, 0.717) is 17.3 Å². The van der Waals surface area contributed by atoms with Crippen LogP contribution in [0.3, 0.4) is 0 Å². The largest absolute Gasteiger partial charge is 0.341 e. The minimum Gasteiger partial charge on any atom is -0.341 e. The van der Waals surface area contributed by atoms with Crippen molar-refractivity contribution >= 4 is 23.3 Å². The number of carbonyl (C=O) groups excluding carboxylic acids is 2. The molecule has 0 aliphatic heterocycles. The lowest BCUT2D eigenvalue weighted by molar-refractivity contribution is -0.115. The van der Waals surface area contributed by atoms with E-state index in [1.54, 1.807) is 31.3 Å². The number of aryl methyl sites for hydroxylation is 1. The van der Waals surface area contributed by atoms with Gasteiger partial charge in [0.2, 0.25) is 5.91 Å². The first-order valence-electron chi connectivity index (χ1n) is 8.71. The summed E-state index contributed by atoms with van der Waals surface area (Å²) in [4.78, 5) is 23.7. The topological polar surface area (TPSA) is 88.1 Å². The fourth-order valence-electron chi connectivity index (χ4n) is 2.71. The maximum absolute atomic E-state index is 12.4. The zero-order valence-corrected chi connectivity index (χ0v) is 16.0. The number of benzene rings is 1. The molecule has 0 atom stereocenters. The predicted molar refractivity (Wildman–Crippen MR) is 103 cm³/mol. The van der Waals surface area contributed by atoms with Gasteiger partial charge in [0.05, 0.1) is 12.1 Å². The van der Waals surface area contributed by atoms with E-state index < -0.39 is 0 Å². The summed E-state index contributed by atoms with van der Waals surface area (Å²) in [7, 11) is 1.55. The zero-order valence-electron chi connectivity index (χ0n) is 16.0. The minimum absolute atomic E-state index is 0.0905. The molecule has 0 spiro atoms. The third-order valence-corrected chi connectivity index (χ3v) is 4.06. The first kappa shape index (κ1) is 19.5. The smallest absolute Gasteiger partial charge is 0.318 e. The molecule has 7 heteroatoms. The number of rotatable bonds is 6. The van der Waals surface area contributed by atoms with Crippen molar-refractivity contribution in [3.05, 3.63) is 41.2 Å². The Bertz CT molecular complexity index is 778. The van der Waals surface area contributed by atoms with Crippen molar-refractivity contribution in [2.45, 2.75) is 40.7 Å². The Kier molecular flexibility index (Phi) is 6.38. The van der Waals surface area contributed by atoms with Crippen LogP contribution in [-0.2, 0) is 17.8 Å². The van der Waals surface area contributed by atoms with Crippen molar-refractivity contribution in [3.8, 4) is 0 Å². The second-order valence-corrected chi connectivity index (χ2v) is 6.73. The van der Waals surface area contributed by atoms with E-state index in [1.165, 1.54) is 0 Å². The highest BCUT2D eigenvalue weighted by Crippen LogP contribution is 2.17. The molecule has 7 nitrogen and oxygen atoms in total. The second-order valence-electron chi connectivity index (χ2n) is 6.73. The van der Waals surface area contributed by atoms with Gasteiger partial charge in [-0.05, 0) is 44.0 Å². The molecule has 3 amide bonds.